The molecule has 3 aromatic rings. The van der Waals surface area contributed by atoms with Gasteiger partial charge in [-0.3, -0.25) is 4.79 Å². The average Bonchev–Trinajstić information content (AvgIpc) is 3.18. The lowest BCUT2D eigenvalue weighted by molar-refractivity contribution is -0.117. The topological polar surface area (TPSA) is 61.4 Å². The van der Waals surface area contributed by atoms with Gasteiger partial charge in [0.25, 0.3) is 0 Å². The van der Waals surface area contributed by atoms with Crippen LogP contribution in [0.15, 0.2) is 91.0 Å². The zero-order valence-electron chi connectivity index (χ0n) is 16.7. The van der Waals surface area contributed by atoms with Crippen LogP contribution in [0, 0.1) is 5.92 Å². The van der Waals surface area contributed by atoms with Gasteiger partial charge < -0.3 is 15.5 Å². The summed E-state index contributed by atoms with van der Waals surface area (Å²) >= 11 is 0. The van der Waals surface area contributed by atoms with Gasteiger partial charge in [0.1, 0.15) is 0 Å². The number of para-hydroxylation sites is 1. The molecule has 1 heterocycles. The van der Waals surface area contributed by atoms with Gasteiger partial charge in [0.2, 0.25) is 5.91 Å². The molecule has 1 saturated heterocycles. The van der Waals surface area contributed by atoms with Crippen molar-refractivity contribution in [1.82, 2.24) is 10.6 Å². The van der Waals surface area contributed by atoms with E-state index in [2.05, 4.69) is 10.6 Å². The van der Waals surface area contributed by atoms with Crippen molar-refractivity contribution in [2.24, 2.45) is 5.92 Å². The van der Waals surface area contributed by atoms with Crippen molar-refractivity contribution < 1.29 is 9.59 Å². The molecule has 30 heavy (non-hydrogen) atoms. The molecule has 3 amide bonds. The Kier molecular flexibility index (Phi) is 6.09. The molecule has 5 heteroatoms. The van der Waals surface area contributed by atoms with Crippen LogP contribution >= 0.6 is 0 Å². The second kappa shape index (κ2) is 9.27. The Hall–Kier alpha value is -3.60. The van der Waals surface area contributed by atoms with Crippen molar-refractivity contribution in [3.63, 3.8) is 0 Å². The Labute approximate surface area is 176 Å². The number of anilines is 1. The lowest BCUT2D eigenvalue weighted by Crippen LogP contribution is -2.41. The maximum absolute atomic E-state index is 12.7. The fourth-order valence-corrected chi connectivity index (χ4v) is 3.85. The number of nitrogens with one attached hydrogen (secondary N) is 2. The standard InChI is InChI=1S/C25H25N3O2/c29-23-16-19(18-28(23)22-14-8-3-9-15-22)17-26-25(30)27-24(20-10-4-1-5-11-20)21-12-6-2-7-13-21/h1-15,19,24H,16-18H2,(H2,26,27,30)/t19-/m1/s1. The lowest BCUT2D eigenvalue weighted by Gasteiger charge is -2.21. The van der Waals surface area contributed by atoms with E-state index >= 15 is 0 Å². The third-order valence-electron chi connectivity index (χ3n) is 5.37. The molecular weight excluding hydrogens is 374 g/mol. The third kappa shape index (κ3) is 4.69. The van der Waals surface area contributed by atoms with Gasteiger partial charge in [-0.2, -0.15) is 0 Å². The molecule has 0 radical (unpaired) electrons. The van der Waals surface area contributed by atoms with Crippen LogP contribution in [-0.4, -0.2) is 25.0 Å². The molecule has 0 aliphatic carbocycles. The van der Waals surface area contributed by atoms with Crippen molar-refractivity contribution in [3.8, 4) is 0 Å². The summed E-state index contributed by atoms with van der Waals surface area (Å²) in [6.45, 7) is 1.07. The van der Waals surface area contributed by atoms with Crippen molar-refractivity contribution in [3.05, 3.63) is 102 Å². The van der Waals surface area contributed by atoms with Crippen LogP contribution in [0.1, 0.15) is 23.6 Å². The van der Waals surface area contributed by atoms with Crippen molar-refractivity contribution in [2.75, 3.05) is 18.0 Å². The van der Waals surface area contributed by atoms with E-state index in [1.807, 2.05) is 91.0 Å². The minimum absolute atomic E-state index is 0.0929. The predicted molar refractivity (Wildman–Crippen MR) is 118 cm³/mol. The van der Waals surface area contributed by atoms with Gasteiger partial charge in [0.05, 0.1) is 6.04 Å². The number of benzene rings is 3. The molecular formula is C25H25N3O2. The van der Waals surface area contributed by atoms with E-state index in [9.17, 15) is 9.59 Å². The molecule has 0 spiro atoms. The Morgan fingerprint density at radius 3 is 1.97 bits per heavy atom. The third-order valence-corrected chi connectivity index (χ3v) is 5.37. The first-order chi connectivity index (χ1) is 14.7. The summed E-state index contributed by atoms with van der Waals surface area (Å²) in [5.41, 5.74) is 2.94. The number of amides is 3. The minimum Gasteiger partial charge on any atom is -0.338 e. The van der Waals surface area contributed by atoms with Gasteiger partial charge in [-0.05, 0) is 23.3 Å². The summed E-state index contributed by atoms with van der Waals surface area (Å²) in [5, 5.41) is 6.04. The van der Waals surface area contributed by atoms with Gasteiger partial charge in [0.15, 0.2) is 0 Å². The fourth-order valence-electron chi connectivity index (χ4n) is 3.85. The van der Waals surface area contributed by atoms with Crippen molar-refractivity contribution in [1.29, 1.82) is 0 Å². The molecule has 1 aliphatic heterocycles. The number of hydrogen-bond acceptors (Lipinski definition) is 2. The largest absolute Gasteiger partial charge is 0.338 e. The van der Waals surface area contributed by atoms with Crippen LogP contribution in [0.5, 0.6) is 0 Å². The maximum Gasteiger partial charge on any atom is 0.315 e. The SMILES string of the molecule is O=C(NC[C@H]1CC(=O)N(c2ccccc2)C1)NC(c1ccccc1)c1ccccc1. The molecule has 0 aromatic heterocycles. The number of carbonyl (C=O) groups is 2. The van der Waals surface area contributed by atoms with Gasteiger partial charge in [-0.25, -0.2) is 4.79 Å². The van der Waals surface area contributed by atoms with E-state index in [0.29, 0.717) is 19.5 Å². The Balaban J connectivity index is 1.37. The molecule has 0 unspecified atom stereocenters. The van der Waals surface area contributed by atoms with Gasteiger partial charge >= 0.3 is 6.03 Å². The van der Waals surface area contributed by atoms with E-state index < -0.39 is 0 Å². The normalized spacial score (nSPS) is 16.0. The molecule has 152 valence electrons. The van der Waals surface area contributed by atoms with E-state index in [-0.39, 0.29) is 23.9 Å². The van der Waals surface area contributed by atoms with E-state index in [4.69, 9.17) is 0 Å². The molecule has 2 N–H and O–H groups in total. The predicted octanol–water partition coefficient (Wildman–Crippen LogP) is 4.13. The highest BCUT2D eigenvalue weighted by molar-refractivity contribution is 5.95. The zero-order valence-corrected chi connectivity index (χ0v) is 16.7. The second-order valence-electron chi connectivity index (χ2n) is 7.52. The zero-order chi connectivity index (χ0) is 20.8. The highest BCUT2D eigenvalue weighted by Gasteiger charge is 2.30. The number of rotatable bonds is 6. The van der Waals surface area contributed by atoms with Gasteiger partial charge in [0, 0.05) is 31.1 Å². The molecule has 1 atom stereocenters. The fraction of sp³-hybridized carbons (Fsp3) is 0.200. The first kappa shape index (κ1) is 19.7. The number of nitrogens with zero attached hydrogens (tertiary/aromatic N) is 1. The first-order valence-corrected chi connectivity index (χ1v) is 10.2. The highest BCUT2D eigenvalue weighted by Crippen LogP contribution is 2.25. The first-order valence-electron chi connectivity index (χ1n) is 10.2. The molecule has 5 nitrogen and oxygen atoms in total. The van der Waals surface area contributed by atoms with Crippen LogP contribution < -0.4 is 15.5 Å². The van der Waals surface area contributed by atoms with E-state index in [0.717, 1.165) is 16.8 Å². The molecule has 1 fully saturated rings. The Morgan fingerprint density at radius 2 is 1.40 bits per heavy atom. The number of urea groups is 1. The summed E-state index contributed by atoms with van der Waals surface area (Å²) in [4.78, 5) is 26.8. The van der Waals surface area contributed by atoms with Crippen LogP contribution in [-0.2, 0) is 4.79 Å². The second-order valence-corrected chi connectivity index (χ2v) is 7.52. The summed E-state index contributed by atoms with van der Waals surface area (Å²) in [7, 11) is 0. The molecule has 0 bridgehead atoms. The summed E-state index contributed by atoms with van der Waals surface area (Å²) in [6, 6.07) is 29.0. The van der Waals surface area contributed by atoms with Crippen molar-refractivity contribution in [2.45, 2.75) is 12.5 Å². The van der Waals surface area contributed by atoms with E-state index in [1.165, 1.54) is 0 Å². The van der Waals surface area contributed by atoms with Crippen LogP contribution in [0.3, 0.4) is 0 Å². The number of carbonyl (C=O) groups excluding carboxylic acids is 2. The molecule has 0 saturated carbocycles. The molecule has 3 aromatic carbocycles. The van der Waals surface area contributed by atoms with Crippen LogP contribution in [0.4, 0.5) is 10.5 Å². The molecule has 4 rings (SSSR count). The lowest BCUT2D eigenvalue weighted by atomic mass is 9.99. The highest BCUT2D eigenvalue weighted by atomic mass is 16.2. The van der Waals surface area contributed by atoms with Crippen LogP contribution in [0.25, 0.3) is 0 Å². The average molecular weight is 399 g/mol. The molecule has 1 aliphatic rings. The monoisotopic (exact) mass is 399 g/mol. The van der Waals surface area contributed by atoms with Crippen molar-refractivity contribution >= 4 is 17.6 Å². The summed E-state index contributed by atoms with van der Waals surface area (Å²) in [5.74, 6) is 0.190. The number of hydrogen-bond donors (Lipinski definition) is 2. The smallest absolute Gasteiger partial charge is 0.315 e. The Morgan fingerprint density at radius 1 is 0.867 bits per heavy atom. The minimum atomic E-state index is -0.238. The van der Waals surface area contributed by atoms with Crippen LogP contribution in [0.2, 0.25) is 0 Å². The summed E-state index contributed by atoms with van der Waals surface area (Å²) < 4.78 is 0. The summed E-state index contributed by atoms with van der Waals surface area (Å²) in [6.07, 6.45) is 0.440. The quantitative estimate of drug-likeness (QED) is 0.655. The van der Waals surface area contributed by atoms with E-state index in [1.54, 1.807) is 4.90 Å². The van der Waals surface area contributed by atoms with Gasteiger partial charge in [-0.15, -0.1) is 0 Å². The maximum atomic E-state index is 12.7. The van der Waals surface area contributed by atoms with Gasteiger partial charge in [-0.1, -0.05) is 78.9 Å². The Bertz CT molecular complexity index is 938.